The highest BCUT2D eigenvalue weighted by Gasteiger charge is 2.33. The van der Waals surface area contributed by atoms with E-state index < -0.39 is 4.92 Å². The van der Waals surface area contributed by atoms with Gasteiger partial charge in [0.15, 0.2) is 0 Å². The first-order valence-corrected chi connectivity index (χ1v) is 7.63. The van der Waals surface area contributed by atoms with Crippen molar-refractivity contribution in [1.29, 1.82) is 0 Å². The van der Waals surface area contributed by atoms with Crippen LogP contribution in [0, 0.1) is 23.0 Å². The molecule has 0 radical (unpaired) electrons. The average molecular weight is 310 g/mol. The quantitative estimate of drug-likeness (QED) is 0.643. The molecule has 5 heteroatoms. The highest BCUT2D eigenvalue weighted by Crippen LogP contribution is 2.26. The predicted octanol–water partition coefficient (Wildman–Crippen LogP) is 3.22. The van der Waals surface area contributed by atoms with Gasteiger partial charge in [-0.2, -0.15) is 0 Å². The molecule has 0 aromatic heterocycles. The second-order valence-corrected chi connectivity index (χ2v) is 5.98. The van der Waals surface area contributed by atoms with Crippen molar-refractivity contribution in [3.8, 4) is 0 Å². The van der Waals surface area contributed by atoms with Gasteiger partial charge in [-0.1, -0.05) is 36.4 Å². The van der Waals surface area contributed by atoms with Gasteiger partial charge < -0.3 is 4.90 Å². The largest absolute Gasteiger partial charge is 0.338 e. The Labute approximate surface area is 134 Å². The Morgan fingerprint density at radius 1 is 1.17 bits per heavy atom. The van der Waals surface area contributed by atoms with E-state index in [1.54, 1.807) is 17.0 Å². The molecule has 0 aliphatic carbocycles. The Hall–Kier alpha value is -2.69. The topological polar surface area (TPSA) is 63.5 Å². The van der Waals surface area contributed by atoms with E-state index in [9.17, 15) is 14.9 Å². The number of para-hydroxylation sites is 1. The van der Waals surface area contributed by atoms with Gasteiger partial charge >= 0.3 is 0 Å². The zero-order valence-electron chi connectivity index (χ0n) is 12.9. The number of hydrogen-bond acceptors (Lipinski definition) is 3. The number of amides is 1. The van der Waals surface area contributed by atoms with Gasteiger partial charge in [-0.05, 0) is 36.5 Å². The average Bonchev–Trinajstić information content (AvgIpc) is 2.51. The fraction of sp³-hybridized carbons (Fsp3) is 0.278. The molecule has 0 saturated carbocycles. The Morgan fingerprint density at radius 3 is 2.52 bits per heavy atom. The van der Waals surface area contributed by atoms with Crippen molar-refractivity contribution in [3.63, 3.8) is 0 Å². The summed E-state index contributed by atoms with van der Waals surface area (Å²) in [6.07, 6.45) is 0.938. The molecule has 1 aliphatic heterocycles. The van der Waals surface area contributed by atoms with E-state index in [1.807, 2.05) is 12.1 Å². The van der Waals surface area contributed by atoms with E-state index >= 15 is 0 Å². The van der Waals surface area contributed by atoms with Crippen LogP contribution in [0.25, 0.3) is 0 Å². The summed E-state index contributed by atoms with van der Waals surface area (Å²) in [6.45, 7) is 3.39. The van der Waals surface area contributed by atoms with Crippen LogP contribution in [0.3, 0.4) is 0 Å². The normalized spacial score (nSPS) is 14.4. The summed E-state index contributed by atoms with van der Waals surface area (Å²) in [5, 5.41) is 11.0. The summed E-state index contributed by atoms with van der Waals surface area (Å²) in [7, 11) is 0. The van der Waals surface area contributed by atoms with Gasteiger partial charge in [0, 0.05) is 19.2 Å². The lowest BCUT2D eigenvalue weighted by Gasteiger charge is -2.39. The second kappa shape index (κ2) is 6.20. The molecule has 23 heavy (non-hydrogen) atoms. The van der Waals surface area contributed by atoms with Gasteiger partial charge in [0.05, 0.1) is 4.92 Å². The fourth-order valence-corrected chi connectivity index (χ4v) is 3.00. The number of hydrogen-bond donors (Lipinski definition) is 0. The highest BCUT2D eigenvalue weighted by atomic mass is 16.6. The van der Waals surface area contributed by atoms with E-state index in [0.29, 0.717) is 19.0 Å². The molecule has 5 nitrogen and oxygen atoms in total. The molecule has 1 amide bonds. The molecule has 0 bridgehead atoms. The van der Waals surface area contributed by atoms with Crippen molar-refractivity contribution in [2.24, 2.45) is 5.92 Å². The van der Waals surface area contributed by atoms with Gasteiger partial charge in [0.25, 0.3) is 11.6 Å². The minimum Gasteiger partial charge on any atom is -0.338 e. The van der Waals surface area contributed by atoms with Crippen molar-refractivity contribution < 1.29 is 9.72 Å². The minimum absolute atomic E-state index is 0.125. The molecule has 0 spiro atoms. The predicted molar refractivity (Wildman–Crippen MR) is 87.4 cm³/mol. The lowest BCUT2D eigenvalue weighted by atomic mass is 9.89. The van der Waals surface area contributed by atoms with Crippen molar-refractivity contribution >= 4 is 11.6 Å². The van der Waals surface area contributed by atoms with Gasteiger partial charge in [0.2, 0.25) is 0 Å². The number of carbonyl (C=O) groups excluding carboxylic acids is 1. The van der Waals surface area contributed by atoms with Crippen molar-refractivity contribution in [1.82, 2.24) is 4.90 Å². The van der Waals surface area contributed by atoms with E-state index in [0.717, 1.165) is 6.42 Å². The standard InChI is InChI=1S/C18H18N2O3/c1-13-6-2-3-7-15(13)10-14-11-19(12-14)18(21)16-8-4-5-9-17(16)20(22)23/h2-9,14H,10-12H2,1H3. The molecule has 0 atom stereocenters. The zero-order chi connectivity index (χ0) is 16.4. The molecule has 2 aromatic carbocycles. The van der Waals surface area contributed by atoms with Crippen LogP contribution in [-0.2, 0) is 6.42 Å². The second-order valence-electron chi connectivity index (χ2n) is 5.98. The number of rotatable bonds is 4. The summed E-state index contributed by atoms with van der Waals surface area (Å²) >= 11 is 0. The molecule has 1 heterocycles. The number of likely N-dealkylation sites (tertiary alicyclic amines) is 1. The Bertz CT molecular complexity index is 751. The number of carbonyl (C=O) groups is 1. The van der Waals surface area contributed by atoms with Crippen LogP contribution < -0.4 is 0 Å². The lowest BCUT2D eigenvalue weighted by molar-refractivity contribution is -0.385. The van der Waals surface area contributed by atoms with Crippen LogP contribution >= 0.6 is 0 Å². The van der Waals surface area contributed by atoms with E-state index in [-0.39, 0.29) is 17.2 Å². The number of nitro groups is 1. The maximum Gasteiger partial charge on any atom is 0.282 e. The third-order valence-corrected chi connectivity index (χ3v) is 4.35. The van der Waals surface area contributed by atoms with Gasteiger partial charge in [-0.3, -0.25) is 14.9 Å². The monoisotopic (exact) mass is 310 g/mol. The van der Waals surface area contributed by atoms with Crippen molar-refractivity contribution in [2.45, 2.75) is 13.3 Å². The molecule has 2 aromatic rings. The summed E-state index contributed by atoms with van der Waals surface area (Å²) in [5.41, 5.74) is 2.61. The van der Waals surface area contributed by atoms with Crippen molar-refractivity contribution in [2.75, 3.05) is 13.1 Å². The molecule has 118 valence electrons. The molecule has 0 unspecified atom stereocenters. The van der Waals surface area contributed by atoms with Gasteiger partial charge in [0.1, 0.15) is 5.56 Å². The van der Waals surface area contributed by atoms with Crippen LogP contribution in [0.2, 0.25) is 0 Å². The Morgan fingerprint density at radius 2 is 1.83 bits per heavy atom. The van der Waals surface area contributed by atoms with E-state index in [2.05, 4.69) is 19.1 Å². The summed E-state index contributed by atoms with van der Waals surface area (Å²) < 4.78 is 0. The van der Waals surface area contributed by atoms with Crippen molar-refractivity contribution in [3.05, 3.63) is 75.3 Å². The number of aryl methyl sites for hydroxylation is 1. The Kier molecular flexibility index (Phi) is 4.10. The van der Waals surface area contributed by atoms with E-state index in [1.165, 1.54) is 23.3 Å². The molecule has 1 aliphatic rings. The SMILES string of the molecule is Cc1ccccc1CC1CN(C(=O)c2ccccc2[N+](=O)[O-])C1. The van der Waals surface area contributed by atoms with E-state index in [4.69, 9.17) is 0 Å². The number of nitrogens with zero attached hydrogens (tertiary/aromatic N) is 2. The minimum atomic E-state index is -0.502. The van der Waals surface area contributed by atoms with Gasteiger partial charge in [-0.15, -0.1) is 0 Å². The molecule has 1 saturated heterocycles. The fourth-order valence-electron chi connectivity index (χ4n) is 3.00. The lowest BCUT2D eigenvalue weighted by Crippen LogP contribution is -2.50. The Balaban J connectivity index is 1.65. The van der Waals surface area contributed by atoms with Crippen LogP contribution in [0.5, 0.6) is 0 Å². The molecular weight excluding hydrogens is 292 g/mol. The van der Waals surface area contributed by atoms with Crippen LogP contribution in [0.4, 0.5) is 5.69 Å². The van der Waals surface area contributed by atoms with Crippen LogP contribution in [-0.4, -0.2) is 28.8 Å². The highest BCUT2D eigenvalue weighted by molar-refractivity contribution is 5.98. The zero-order valence-corrected chi connectivity index (χ0v) is 12.9. The maximum absolute atomic E-state index is 12.4. The maximum atomic E-state index is 12.4. The summed E-state index contributed by atoms with van der Waals surface area (Å²) in [4.78, 5) is 24.7. The first-order chi connectivity index (χ1) is 11.1. The number of benzene rings is 2. The summed E-state index contributed by atoms with van der Waals surface area (Å²) in [5.74, 6) is 0.168. The third kappa shape index (κ3) is 3.08. The molecule has 1 fully saturated rings. The van der Waals surface area contributed by atoms with Gasteiger partial charge in [-0.25, -0.2) is 0 Å². The summed E-state index contributed by atoms with van der Waals surface area (Å²) in [6, 6.07) is 14.4. The van der Waals surface area contributed by atoms with Crippen LogP contribution in [0.15, 0.2) is 48.5 Å². The number of nitro benzene ring substituents is 1. The van der Waals surface area contributed by atoms with Crippen LogP contribution in [0.1, 0.15) is 21.5 Å². The first-order valence-electron chi connectivity index (χ1n) is 7.63. The molecular formula is C18H18N2O3. The molecule has 3 rings (SSSR count). The smallest absolute Gasteiger partial charge is 0.282 e. The third-order valence-electron chi connectivity index (χ3n) is 4.35. The molecule has 0 N–H and O–H groups in total. The first kappa shape index (κ1) is 15.2.